The van der Waals surface area contributed by atoms with Gasteiger partial charge in [-0.3, -0.25) is 4.79 Å². The molecule has 1 saturated carbocycles. The second kappa shape index (κ2) is 7.07. The van der Waals surface area contributed by atoms with E-state index < -0.39 is 11.6 Å². The number of methoxy groups -OCH3 is 1. The van der Waals surface area contributed by atoms with Crippen LogP contribution in [-0.4, -0.2) is 50.3 Å². The van der Waals surface area contributed by atoms with E-state index in [-0.39, 0.29) is 24.3 Å². The third kappa shape index (κ3) is 3.58. The van der Waals surface area contributed by atoms with Crippen molar-refractivity contribution in [2.45, 2.75) is 37.3 Å². The molecule has 2 N–H and O–H groups in total. The van der Waals surface area contributed by atoms with Crippen LogP contribution in [0.1, 0.15) is 25.7 Å². The van der Waals surface area contributed by atoms with Crippen molar-refractivity contribution in [3.8, 4) is 0 Å². The third-order valence-corrected chi connectivity index (χ3v) is 3.62. The highest BCUT2D eigenvalue weighted by Gasteiger charge is 2.44. The van der Waals surface area contributed by atoms with Crippen molar-refractivity contribution in [3.05, 3.63) is 0 Å². The smallest absolute Gasteiger partial charge is 0.331 e. The monoisotopic (exact) mass is 292 g/mol. The van der Waals surface area contributed by atoms with Crippen LogP contribution in [0.5, 0.6) is 0 Å². The summed E-state index contributed by atoms with van der Waals surface area (Å²) in [5.41, 5.74) is -0.841. The van der Waals surface area contributed by atoms with E-state index in [1.807, 2.05) is 0 Å². The normalized spacial score (nSPS) is 25.2. The summed E-state index contributed by atoms with van der Waals surface area (Å²) in [6, 6.07) is 0. The van der Waals surface area contributed by atoms with E-state index in [4.69, 9.17) is 9.47 Å². The first-order chi connectivity index (χ1) is 8.68. The highest BCUT2D eigenvalue weighted by molar-refractivity contribution is 5.90. The summed E-state index contributed by atoms with van der Waals surface area (Å²) in [6.45, 7) is 1.76. The lowest BCUT2D eigenvalue weighted by Crippen LogP contribution is -2.58. The standard InChI is InChI=1S/C12H20N2O4.ClH/c1-17-11(16)12(4-2-3-5-12)14-10(15)9-8-13-6-7-18-9;/h9,13H,2-8H2,1H3,(H,14,15);1H. The molecule has 1 unspecified atom stereocenters. The number of esters is 1. The number of carbonyl (C=O) groups is 2. The summed E-state index contributed by atoms with van der Waals surface area (Å²) >= 11 is 0. The zero-order chi connectivity index (χ0) is 13.0. The first-order valence-electron chi connectivity index (χ1n) is 6.41. The first kappa shape index (κ1) is 16.2. The second-order valence-electron chi connectivity index (χ2n) is 4.83. The fraction of sp³-hybridized carbons (Fsp3) is 0.833. The zero-order valence-electron chi connectivity index (χ0n) is 11.1. The van der Waals surface area contributed by atoms with Crippen molar-refractivity contribution < 1.29 is 19.1 Å². The number of nitrogens with one attached hydrogen (secondary N) is 2. The Labute approximate surface area is 119 Å². The fourth-order valence-corrected chi connectivity index (χ4v) is 2.60. The summed E-state index contributed by atoms with van der Waals surface area (Å²) in [6.07, 6.45) is 2.64. The van der Waals surface area contributed by atoms with E-state index in [1.54, 1.807) is 0 Å². The molecule has 7 heteroatoms. The number of hydrogen-bond acceptors (Lipinski definition) is 5. The average molecular weight is 293 g/mol. The number of morpholine rings is 1. The fourth-order valence-electron chi connectivity index (χ4n) is 2.60. The van der Waals surface area contributed by atoms with Gasteiger partial charge in [0.15, 0.2) is 0 Å². The molecule has 1 atom stereocenters. The molecular formula is C12H21ClN2O4. The van der Waals surface area contributed by atoms with Crippen LogP contribution in [0.2, 0.25) is 0 Å². The molecule has 0 aromatic carbocycles. The Hall–Kier alpha value is -0.850. The van der Waals surface area contributed by atoms with Gasteiger partial charge in [0, 0.05) is 13.1 Å². The topological polar surface area (TPSA) is 76.7 Å². The molecule has 1 saturated heterocycles. The molecule has 19 heavy (non-hydrogen) atoms. The maximum atomic E-state index is 12.1. The van der Waals surface area contributed by atoms with Crippen LogP contribution in [0, 0.1) is 0 Å². The minimum Gasteiger partial charge on any atom is -0.467 e. The number of rotatable bonds is 3. The van der Waals surface area contributed by atoms with E-state index in [0.29, 0.717) is 26.0 Å². The molecule has 1 aliphatic heterocycles. The molecule has 1 heterocycles. The molecule has 6 nitrogen and oxygen atoms in total. The van der Waals surface area contributed by atoms with Gasteiger partial charge in [-0.25, -0.2) is 4.79 Å². The minimum absolute atomic E-state index is 0. The first-order valence-corrected chi connectivity index (χ1v) is 6.41. The van der Waals surface area contributed by atoms with Crippen LogP contribution < -0.4 is 10.6 Å². The van der Waals surface area contributed by atoms with Crippen molar-refractivity contribution in [2.24, 2.45) is 0 Å². The molecule has 1 amide bonds. The van der Waals surface area contributed by atoms with E-state index in [2.05, 4.69) is 10.6 Å². The van der Waals surface area contributed by atoms with Crippen LogP contribution in [0.15, 0.2) is 0 Å². The van der Waals surface area contributed by atoms with Gasteiger partial charge in [-0.15, -0.1) is 12.4 Å². The molecule has 2 aliphatic rings. The maximum absolute atomic E-state index is 12.1. The van der Waals surface area contributed by atoms with Crippen molar-refractivity contribution in [2.75, 3.05) is 26.8 Å². The summed E-state index contributed by atoms with van der Waals surface area (Å²) in [4.78, 5) is 24.0. The van der Waals surface area contributed by atoms with Gasteiger partial charge in [-0.2, -0.15) is 0 Å². The number of amides is 1. The van der Waals surface area contributed by atoms with Gasteiger partial charge in [0.1, 0.15) is 11.6 Å². The summed E-state index contributed by atoms with van der Waals surface area (Å²) in [7, 11) is 1.35. The highest BCUT2D eigenvalue weighted by atomic mass is 35.5. The number of halogens is 1. The van der Waals surface area contributed by atoms with Gasteiger partial charge in [0.2, 0.25) is 0 Å². The molecule has 2 rings (SSSR count). The largest absolute Gasteiger partial charge is 0.467 e. The van der Waals surface area contributed by atoms with Crippen LogP contribution in [0.4, 0.5) is 0 Å². The van der Waals surface area contributed by atoms with E-state index in [1.165, 1.54) is 7.11 Å². The van der Waals surface area contributed by atoms with Gasteiger partial charge in [-0.1, -0.05) is 12.8 Å². The maximum Gasteiger partial charge on any atom is 0.331 e. The molecule has 0 aromatic rings. The SMILES string of the molecule is COC(=O)C1(NC(=O)C2CNCCO2)CCCC1.Cl. The van der Waals surface area contributed by atoms with Gasteiger partial charge in [0.05, 0.1) is 13.7 Å². The lowest BCUT2D eigenvalue weighted by molar-refractivity contribution is -0.153. The summed E-state index contributed by atoms with van der Waals surface area (Å²) in [5, 5.41) is 5.93. The number of ether oxygens (including phenoxy) is 2. The predicted molar refractivity (Wildman–Crippen MR) is 71.2 cm³/mol. The Balaban J connectivity index is 0.00000180. The van der Waals surface area contributed by atoms with Crippen LogP contribution in [-0.2, 0) is 19.1 Å². The van der Waals surface area contributed by atoms with Crippen LogP contribution in [0.25, 0.3) is 0 Å². The van der Waals surface area contributed by atoms with Crippen LogP contribution in [0.3, 0.4) is 0 Å². The summed E-state index contributed by atoms with van der Waals surface area (Å²) in [5.74, 6) is -0.577. The third-order valence-electron chi connectivity index (χ3n) is 3.62. The predicted octanol–water partition coefficient (Wildman–Crippen LogP) is -0.00140. The number of hydrogen-bond donors (Lipinski definition) is 2. The van der Waals surface area contributed by atoms with Crippen molar-refractivity contribution in [1.29, 1.82) is 0 Å². The van der Waals surface area contributed by atoms with E-state index in [9.17, 15) is 9.59 Å². The number of carbonyl (C=O) groups excluding carboxylic acids is 2. The lowest BCUT2D eigenvalue weighted by Gasteiger charge is -2.30. The lowest BCUT2D eigenvalue weighted by atomic mass is 9.97. The van der Waals surface area contributed by atoms with Crippen LogP contribution >= 0.6 is 12.4 Å². The Morgan fingerprint density at radius 3 is 2.58 bits per heavy atom. The van der Waals surface area contributed by atoms with E-state index >= 15 is 0 Å². The summed E-state index contributed by atoms with van der Waals surface area (Å²) < 4.78 is 10.2. The molecule has 1 aliphatic carbocycles. The Kier molecular flexibility index (Phi) is 6.03. The minimum atomic E-state index is -0.841. The molecule has 0 radical (unpaired) electrons. The zero-order valence-corrected chi connectivity index (χ0v) is 11.9. The van der Waals surface area contributed by atoms with Gasteiger partial charge in [0.25, 0.3) is 5.91 Å². The molecule has 0 bridgehead atoms. The second-order valence-corrected chi connectivity index (χ2v) is 4.83. The Morgan fingerprint density at radius 1 is 1.37 bits per heavy atom. The van der Waals surface area contributed by atoms with Gasteiger partial charge < -0.3 is 20.1 Å². The van der Waals surface area contributed by atoms with E-state index in [0.717, 1.165) is 19.4 Å². The molecular weight excluding hydrogens is 272 g/mol. The van der Waals surface area contributed by atoms with Crippen molar-refractivity contribution in [1.82, 2.24) is 10.6 Å². The quantitative estimate of drug-likeness (QED) is 0.716. The van der Waals surface area contributed by atoms with Crippen molar-refractivity contribution >= 4 is 24.3 Å². The molecule has 2 fully saturated rings. The molecule has 0 spiro atoms. The van der Waals surface area contributed by atoms with Crippen molar-refractivity contribution in [3.63, 3.8) is 0 Å². The Morgan fingerprint density at radius 2 is 2.05 bits per heavy atom. The van der Waals surface area contributed by atoms with Gasteiger partial charge >= 0.3 is 5.97 Å². The average Bonchev–Trinajstić information content (AvgIpc) is 2.88. The van der Waals surface area contributed by atoms with Gasteiger partial charge in [-0.05, 0) is 12.8 Å². The Bertz CT molecular complexity index is 326. The highest BCUT2D eigenvalue weighted by Crippen LogP contribution is 2.31. The molecule has 0 aromatic heterocycles. The molecule has 110 valence electrons.